The summed E-state index contributed by atoms with van der Waals surface area (Å²) >= 11 is 21.8. The molecule has 14 heavy (non-hydrogen) atoms. The first-order chi connectivity index (χ1) is 6.11. The molecule has 0 bridgehead atoms. The Kier molecular flexibility index (Phi) is 4.78. The van der Waals surface area contributed by atoms with Gasteiger partial charge in [0.05, 0.1) is 0 Å². The molecule has 0 aromatic carbocycles. The van der Waals surface area contributed by atoms with E-state index in [4.69, 9.17) is 56.6 Å². The van der Waals surface area contributed by atoms with Gasteiger partial charge in [-0.05, 0) is 6.42 Å². The van der Waals surface area contributed by atoms with Crippen molar-refractivity contribution in [3.8, 4) is 0 Å². The van der Waals surface area contributed by atoms with Gasteiger partial charge in [0.2, 0.25) is 4.33 Å². The van der Waals surface area contributed by atoms with Gasteiger partial charge in [-0.15, -0.1) is 0 Å². The summed E-state index contributed by atoms with van der Waals surface area (Å²) in [6, 6.07) is 0. The first kappa shape index (κ1) is 14.1. The number of carboxylic acid groups (broad SMARTS) is 2. The molecule has 0 saturated carbocycles. The van der Waals surface area contributed by atoms with E-state index in [-0.39, 0.29) is 6.42 Å². The molecule has 0 atom stereocenters. The Labute approximate surface area is 99.7 Å². The van der Waals surface area contributed by atoms with Crippen LogP contribution in [0.3, 0.4) is 0 Å². The SMILES string of the molecule is O=C(O)CCC(Cl)(Cl)C(Cl)(Cl)C(=O)O. The van der Waals surface area contributed by atoms with Crippen LogP contribution in [0.5, 0.6) is 0 Å². The maximum Gasteiger partial charge on any atom is 0.343 e. The number of carbonyl (C=O) groups is 2. The fourth-order valence-electron chi connectivity index (χ4n) is 0.577. The van der Waals surface area contributed by atoms with Crippen LogP contribution in [0.1, 0.15) is 12.8 Å². The van der Waals surface area contributed by atoms with E-state index in [9.17, 15) is 9.59 Å². The molecule has 82 valence electrons. The maximum absolute atomic E-state index is 10.5. The lowest BCUT2D eigenvalue weighted by atomic mass is 10.1. The molecular formula is C6H6Cl4O4. The third-order valence-corrected chi connectivity index (χ3v) is 3.68. The van der Waals surface area contributed by atoms with Gasteiger partial charge < -0.3 is 10.2 Å². The van der Waals surface area contributed by atoms with Crippen LogP contribution in [0, 0.1) is 0 Å². The lowest BCUT2D eigenvalue weighted by Gasteiger charge is -2.28. The molecule has 0 amide bonds. The first-order valence-electron chi connectivity index (χ1n) is 3.32. The summed E-state index contributed by atoms with van der Waals surface area (Å²) in [6.45, 7) is 0. The number of hydrogen-bond donors (Lipinski definition) is 2. The summed E-state index contributed by atoms with van der Waals surface area (Å²) in [7, 11) is 0. The highest BCUT2D eigenvalue weighted by atomic mass is 35.5. The van der Waals surface area contributed by atoms with E-state index in [1.165, 1.54) is 0 Å². The molecule has 0 fully saturated rings. The summed E-state index contributed by atoms with van der Waals surface area (Å²) < 4.78 is -4.49. The second-order valence-corrected chi connectivity index (χ2v) is 5.29. The molecule has 0 aliphatic carbocycles. The van der Waals surface area contributed by atoms with Crippen molar-refractivity contribution in [2.45, 2.75) is 21.5 Å². The van der Waals surface area contributed by atoms with Crippen molar-refractivity contribution in [2.24, 2.45) is 0 Å². The van der Waals surface area contributed by atoms with E-state index >= 15 is 0 Å². The van der Waals surface area contributed by atoms with Crippen LogP contribution in [0.4, 0.5) is 0 Å². The quantitative estimate of drug-likeness (QED) is 0.759. The molecule has 0 radical (unpaired) electrons. The largest absolute Gasteiger partial charge is 0.481 e. The topological polar surface area (TPSA) is 74.6 Å². The zero-order valence-electron chi connectivity index (χ0n) is 6.64. The van der Waals surface area contributed by atoms with Gasteiger partial charge >= 0.3 is 11.9 Å². The molecule has 0 aromatic rings. The van der Waals surface area contributed by atoms with Crippen LogP contribution in [-0.2, 0) is 9.59 Å². The molecule has 0 aliphatic heterocycles. The Morgan fingerprint density at radius 2 is 1.50 bits per heavy atom. The van der Waals surface area contributed by atoms with Crippen LogP contribution < -0.4 is 0 Å². The van der Waals surface area contributed by atoms with Gasteiger partial charge in [0, 0.05) is 6.42 Å². The zero-order chi connectivity index (χ0) is 11.6. The third kappa shape index (κ3) is 3.35. The van der Waals surface area contributed by atoms with Crippen molar-refractivity contribution < 1.29 is 19.8 Å². The van der Waals surface area contributed by atoms with E-state index < -0.39 is 27.0 Å². The maximum atomic E-state index is 10.5. The van der Waals surface area contributed by atoms with Crippen LogP contribution in [0.15, 0.2) is 0 Å². The van der Waals surface area contributed by atoms with E-state index in [0.717, 1.165) is 0 Å². The van der Waals surface area contributed by atoms with Gasteiger partial charge in [-0.3, -0.25) is 4.79 Å². The van der Waals surface area contributed by atoms with Crippen LogP contribution >= 0.6 is 46.4 Å². The average molecular weight is 284 g/mol. The highest BCUT2D eigenvalue weighted by Crippen LogP contribution is 2.45. The minimum absolute atomic E-state index is 0.370. The molecule has 4 nitrogen and oxygen atoms in total. The number of rotatable bonds is 5. The van der Waals surface area contributed by atoms with E-state index in [1.807, 2.05) is 0 Å². The van der Waals surface area contributed by atoms with Crippen molar-refractivity contribution in [3.63, 3.8) is 0 Å². The van der Waals surface area contributed by atoms with Crippen LogP contribution in [0.25, 0.3) is 0 Å². The number of hydrogen-bond acceptors (Lipinski definition) is 2. The standard InChI is InChI=1S/C6H6Cl4O4/c7-5(8,2-1-3(11)12)6(9,10)4(13)14/h1-2H2,(H,11,12)(H,13,14). The molecule has 0 aromatic heterocycles. The number of carboxylic acids is 2. The highest BCUT2D eigenvalue weighted by Gasteiger charge is 2.53. The van der Waals surface area contributed by atoms with Gasteiger partial charge in [0.15, 0.2) is 4.33 Å². The van der Waals surface area contributed by atoms with Crippen LogP contribution in [0.2, 0.25) is 0 Å². The van der Waals surface area contributed by atoms with E-state index in [0.29, 0.717) is 0 Å². The molecule has 0 aliphatic rings. The number of alkyl halides is 4. The summed E-state index contributed by atoms with van der Waals surface area (Å²) in [5.41, 5.74) is 0. The van der Waals surface area contributed by atoms with Gasteiger partial charge in [0.1, 0.15) is 0 Å². The minimum Gasteiger partial charge on any atom is -0.481 e. The Morgan fingerprint density at radius 1 is 1.07 bits per heavy atom. The summed E-state index contributed by atoms with van der Waals surface area (Å²) in [6.07, 6.45) is -0.799. The van der Waals surface area contributed by atoms with Crippen LogP contribution in [-0.4, -0.2) is 30.8 Å². The molecule has 0 unspecified atom stereocenters. The first-order valence-corrected chi connectivity index (χ1v) is 4.83. The van der Waals surface area contributed by atoms with Gasteiger partial charge in [-0.2, -0.15) is 0 Å². The van der Waals surface area contributed by atoms with Crippen molar-refractivity contribution in [3.05, 3.63) is 0 Å². The fourth-order valence-corrected chi connectivity index (χ4v) is 1.12. The van der Waals surface area contributed by atoms with Crippen molar-refractivity contribution >= 4 is 58.3 Å². The Balaban J connectivity index is 4.59. The molecule has 0 heterocycles. The number of halogens is 4. The summed E-state index contributed by atoms with van der Waals surface area (Å²) in [5, 5.41) is 16.9. The molecule has 8 heteroatoms. The Morgan fingerprint density at radius 3 is 1.79 bits per heavy atom. The summed E-state index contributed by atoms with van der Waals surface area (Å²) in [5.74, 6) is -2.80. The van der Waals surface area contributed by atoms with Crippen molar-refractivity contribution in [2.75, 3.05) is 0 Å². The predicted octanol–water partition coefficient (Wildman–Crippen LogP) is 2.28. The average Bonchev–Trinajstić information content (AvgIpc) is 2.00. The molecule has 0 saturated heterocycles. The Bertz CT molecular complexity index is 250. The molecule has 0 spiro atoms. The molecular weight excluding hydrogens is 278 g/mol. The molecule has 2 N–H and O–H groups in total. The third-order valence-electron chi connectivity index (χ3n) is 1.38. The zero-order valence-corrected chi connectivity index (χ0v) is 9.66. The van der Waals surface area contributed by atoms with E-state index in [2.05, 4.69) is 0 Å². The van der Waals surface area contributed by atoms with Gasteiger partial charge in [-0.1, -0.05) is 46.4 Å². The monoisotopic (exact) mass is 282 g/mol. The van der Waals surface area contributed by atoms with E-state index in [1.54, 1.807) is 0 Å². The second-order valence-electron chi connectivity index (χ2n) is 2.48. The smallest absolute Gasteiger partial charge is 0.343 e. The van der Waals surface area contributed by atoms with Crippen molar-refractivity contribution in [1.82, 2.24) is 0 Å². The highest BCUT2D eigenvalue weighted by molar-refractivity contribution is 6.68. The Hall–Kier alpha value is 0.1000. The predicted molar refractivity (Wildman–Crippen MR) is 53.4 cm³/mol. The van der Waals surface area contributed by atoms with Gasteiger partial charge in [-0.25, -0.2) is 4.79 Å². The fraction of sp³-hybridized carbons (Fsp3) is 0.667. The lowest BCUT2D eigenvalue weighted by Crippen LogP contribution is -2.43. The lowest BCUT2D eigenvalue weighted by molar-refractivity contribution is -0.140. The number of aliphatic carboxylic acids is 2. The minimum atomic E-state index is -2.44. The summed E-state index contributed by atoms with van der Waals surface area (Å²) in [4.78, 5) is 20.7. The normalized spacial score (nSPS) is 12.6. The second kappa shape index (κ2) is 4.75. The van der Waals surface area contributed by atoms with Gasteiger partial charge in [0.25, 0.3) is 0 Å². The van der Waals surface area contributed by atoms with Crippen molar-refractivity contribution in [1.29, 1.82) is 0 Å². The molecule has 0 rings (SSSR count).